The third kappa shape index (κ3) is 2.54. The van der Waals surface area contributed by atoms with Crippen LogP contribution in [0, 0.1) is 25.5 Å². The van der Waals surface area contributed by atoms with Gasteiger partial charge in [-0.3, -0.25) is 0 Å². The topological polar surface area (TPSA) is 52.0 Å². The standard InChI is InChI=1S/C12H12F2N2OS/c1-6-7(2)17-12(16-6)18-11-9(13)3-8(5-15)4-10(11)14/h3-4H,5,15H2,1-2H3. The van der Waals surface area contributed by atoms with Crippen molar-refractivity contribution in [1.29, 1.82) is 0 Å². The highest BCUT2D eigenvalue weighted by Crippen LogP contribution is 2.33. The Morgan fingerprint density at radius 1 is 1.28 bits per heavy atom. The molecule has 0 aliphatic rings. The molecule has 0 saturated carbocycles. The summed E-state index contributed by atoms with van der Waals surface area (Å²) in [6.45, 7) is 3.61. The van der Waals surface area contributed by atoms with Gasteiger partial charge in [0, 0.05) is 6.54 Å². The van der Waals surface area contributed by atoms with Crippen molar-refractivity contribution in [3.05, 3.63) is 40.8 Å². The van der Waals surface area contributed by atoms with Crippen LogP contribution in [0.4, 0.5) is 8.78 Å². The molecule has 0 unspecified atom stereocenters. The zero-order valence-electron chi connectivity index (χ0n) is 9.96. The lowest BCUT2D eigenvalue weighted by molar-refractivity contribution is 0.429. The Balaban J connectivity index is 2.34. The van der Waals surface area contributed by atoms with Gasteiger partial charge in [-0.15, -0.1) is 0 Å². The number of aryl methyl sites for hydroxylation is 2. The molecule has 0 radical (unpaired) electrons. The summed E-state index contributed by atoms with van der Waals surface area (Å²) in [6, 6.07) is 2.43. The zero-order chi connectivity index (χ0) is 13.3. The van der Waals surface area contributed by atoms with Gasteiger partial charge in [-0.2, -0.15) is 0 Å². The van der Waals surface area contributed by atoms with E-state index in [1.54, 1.807) is 13.8 Å². The van der Waals surface area contributed by atoms with Gasteiger partial charge < -0.3 is 10.2 Å². The Morgan fingerprint density at radius 3 is 2.33 bits per heavy atom. The average Bonchev–Trinajstić information content (AvgIpc) is 2.63. The average molecular weight is 270 g/mol. The predicted octanol–water partition coefficient (Wildman–Crippen LogP) is 3.18. The van der Waals surface area contributed by atoms with Gasteiger partial charge in [0.05, 0.1) is 10.6 Å². The second kappa shape index (κ2) is 5.07. The molecular weight excluding hydrogens is 258 g/mol. The summed E-state index contributed by atoms with van der Waals surface area (Å²) in [5.74, 6) is -0.681. The first kappa shape index (κ1) is 13.0. The van der Waals surface area contributed by atoms with Crippen molar-refractivity contribution in [2.24, 2.45) is 5.73 Å². The Labute approximate surface area is 107 Å². The molecule has 2 rings (SSSR count). The minimum atomic E-state index is -0.658. The smallest absolute Gasteiger partial charge is 0.261 e. The van der Waals surface area contributed by atoms with E-state index in [4.69, 9.17) is 10.2 Å². The fraction of sp³-hybridized carbons (Fsp3) is 0.250. The summed E-state index contributed by atoms with van der Waals surface area (Å²) >= 11 is 0.826. The van der Waals surface area contributed by atoms with Crippen LogP contribution in [-0.4, -0.2) is 4.98 Å². The monoisotopic (exact) mass is 270 g/mol. The third-order valence-electron chi connectivity index (χ3n) is 2.49. The Morgan fingerprint density at radius 2 is 1.89 bits per heavy atom. The number of nitrogens with zero attached hydrogens (tertiary/aromatic N) is 1. The Bertz CT molecular complexity index is 541. The van der Waals surface area contributed by atoms with Crippen molar-refractivity contribution in [3.8, 4) is 0 Å². The molecule has 0 atom stereocenters. The molecule has 0 aliphatic heterocycles. The number of benzene rings is 1. The number of hydrogen-bond donors (Lipinski definition) is 1. The first-order valence-corrected chi connectivity index (χ1v) is 6.12. The molecule has 2 N–H and O–H groups in total. The van der Waals surface area contributed by atoms with Gasteiger partial charge in [-0.05, 0) is 43.3 Å². The van der Waals surface area contributed by atoms with Gasteiger partial charge >= 0.3 is 0 Å². The van der Waals surface area contributed by atoms with E-state index >= 15 is 0 Å². The van der Waals surface area contributed by atoms with Crippen molar-refractivity contribution in [2.75, 3.05) is 0 Å². The SMILES string of the molecule is Cc1nc(Sc2c(F)cc(CN)cc2F)oc1C. The molecule has 1 aromatic heterocycles. The highest BCUT2D eigenvalue weighted by Gasteiger charge is 2.16. The van der Waals surface area contributed by atoms with Gasteiger partial charge in [-0.25, -0.2) is 13.8 Å². The number of hydrogen-bond acceptors (Lipinski definition) is 4. The van der Waals surface area contributed by atoms with E-state index in [-0.39, 0.29) is 16.7 Å². The second-order valence-electron chi connectivity index (χ2n) is 3.82. The Hall–Kier alpha value is -1.40. The molecule has 18 heavy (non-hydrogen) atoms. The van der Waals surface area contributed by atoms with Crippen LogP contribution in [0.1, 0.15) is 17.0 Å². The van der Waals surface area contributed by atoms with E-state index < -0.39 is 11.6 Å². The molecule has 3 nitrogen and oxygen atoms in total. The molecular formula is C12H12F2N2OS. The summed E-state index contributed by atoms with van der Waals surface area (Å²) in [7, 11) is 0. The lowest BCUT2D eigenvalue weighted by Gasteiger charge is -2.04. The molecule has 0 saturated heterocycles. The molecule has 96 valence electrons. The van der Waals surface area contributed by atoms with Crippen LogP contribution in [-0.2, 0) is 6.54 Å². The van der Waals surface area contributed by atoms with E-state index in [2.05, 4.69) is 4.98 Å². The van der Waals surface area contributed by atoms with Crippen LogP contribution < -0.4 is 5.73 Å². The van der Waals surface area contributed by atoms with E-state index in [9.17, 15) is 8.78 Å². The van der Waals surface area contributed by atoms with Crippen molar-refractivity contribution in [1.82, 2.24) is 4.98 Å². The number of aromatic nitrogens is 1. The summed E-state index contributed by atoms with van der Waals surface area (Å²) < 4.78 is 32.7. The number of rotatable bonds is 3. The predicted molar refractivity (Wildman–Crippen MR) is 64.3 cm³/mol. The Kier molecular flexibility index (Phi) is 3.68. The fourth-order valence-corrected chi connectivity index (χ4v) is 2.24. The van der Waals surface area contributed by atoms with Crippen molar-refractivity contribution >= 4 is 11.8 Å². The van der Waals surface area contributed by atoms with Crippen molar-refractivity contribution in [3.63, 3.8) is 0 Å². The largest absolute Gasteiger partial charge is 0.436 e. The van der Waals surface area contributed by atoms with Gasteiger partial charge in [0.25, 0.3) is 5.22 Å². The van der Waals surface area contributed by atoms with Crippen LogP contribution in [0.2, 0.25) is 0 Å². The van der Waals surface area contributed by atoms with E-state index in [0.29, 0.717) is 17.0 Å². The maximum atomic E-state index is 13.7. The van der Waals surface area contributed by atoms with Crippen LogP contribution in [0.25, 0.3) is 0 Å². The molecule has 2 aromatic rings. The van der Waals surface area contributed by atoms with Crippen LogP contribution in [0.5, 0.6) is 0 Å². The summed E-state index contributed by atoms with van der Waals surface area (Å²) in [5, 5.41) is 0.225. The van der Waals surface area contributed by atoms with E-state index in [1.807, 2.05) is 0 Å². The normalized spacial score (nSPS) is 10.9. The molecule has 1 heterocycles. The summed E-state index contributed by atoms with van der Waals surface area (Å²) in [6.07, 6.45) is 0. The summed E-state index contributed by atoms with van der Waals surface area (Å²) in [5.41, 5.74) is 6.46. The number of nitrogens with two attached hydrogens (primary N) is 1. The number of halogens is 2. The van der Waals surface area contributed by atoms with Crippen molar-refractivity contribution in [2.45, 2.75) is 30.5 Å². The van der Waals surface area contributed by atoms with Crippen LogP contribution in [0.3, 0.4) is 0 Å². The lowest BCUT2D eigenvalue weighted by atomic mass is 10.2. The minimum absolute atomic E-state index is 0.0933. The quantitative estimate of drug-likeness (QED) is 0.930. The molecule has 0 bridgehead atoms. The fourth-order valence-electron chi connectivity index (χ4n) is 1.40. The number of oxazole rings is 1. The van der Waals surface area contributed by atoms with E-state index in [0.717, 1.165) is 11.8 Å². The van der Waals surface area contributed by atoms with Gasteiger partial charge in [0.2, 0.25) is 0 Å². The maximum Gasteiger partial charge on any atom is 0.261 e. The zero-order valence-corrected chi connectivity index (χ0v) is 10.8. The van der Waals surface area contributed by atoms with E-state index in [1.165, 1.54) is 12.1 Å². The summed E-state index contributed by atoms with van der Waals surface area (Å²) in [4.78, 5) is 3.94. The third-order valence-corrected chi connectivity index (χ3v) is 3.44. The van der Waals surface area contributed by atoms with Gasteiger partial charge in [-0.1, -0.05) is 0 Å². The molecule has 0 fully saturated rings. The highest BCUT2D eigenvalue weighted by molar-refractivity contribution is 7.99. The molecule has 0 aliphatic carbocycles. The lowest BCUT2D eigenvalue weighted by Crippen LogP contribution is -1.99. The van der Waals surface area contributed by atoms with Crippen LogP contribution >= 0.6 is 11.8 Å². The molecule has 0 amide bonds. The molecule has 1 aromatic carbocycles. The maximum absolute atomic E-state index is 13.7. The molecule has 6 heteroatoms. The van der Waals surface area contributed by atoms with Gasteiger partial charge in [0.1, 0.15) is 17.4 Å². The minimum Gasteiger partial charge on any atom is -0.436 e. The first-order valence-electron chi connectivity index (χ1n) is 5.31. The first-order chi connectivity index (χ1) is 8.51. The molecule has 0 spiro atoms. The van der Waals surface area contributed by atoms with Crippen LogP contribution in [0.15, 0.2) is 26.7 Å². The highest BCUT2D eigenvalue weighted by atomic mass is 32.2. The van der Waals surface area contributed by atoms with Crippen molar-refractivity contribution < 1.29 is 13.2 Å². The van der Waals surface area contributed by atoms with Gasteiger partial charge in [0.15, 0.2) is 0 Å². The second-order valence-corrected chi connectivity index (χ2v) is 4.78.